The SMILES string of the molecule is Cc1cnc(Cl)c(NC2C(C)(C)[C@H]3CC[C@]2(C)C3)c1. The van der Waals surface area contributed by atoms with Gasteiger partial charge in [0, 0.05) is 12.2 Å². The lowest BCUT2D eigenvalue weighted by molar-refractivity contribution is 0.155. The molecule has 0 aromatic carbocycles. The van der Waals surface area contributed by atoms with Gasteiger partial charge in [-0.05, 0) is 54.6 Å². The molecular formula is C16H23ClN2. The summed E-state index contributed by atoms with van der Waals surface area (Å²) in [5.74, 6) is 0.839. The number of nitrogens with one attached hydrogen (secondary N) is 1. The molecular weight excluding hydrogens is 256 g/mol. The third kappa shape index (κ3) is 1.96. The Kier molecular flexibility index (Phi) is 2.87. The number of pyridine rings is 1. The summed E-state index contributed by atoms with van der Waals surface area (Å²) < 4.78 is 0. The number of anilines is 1. The van der Waals surface area contributed by atoms with E-state index in [0.717, 1.165) is 17.2 Å². The maximum Gasteiger partial charge on any atom is 0.152 e. The molecule has 3 rings (SSSR count). The van der Waals surface area contributed by atoms with Gasteiger partial charge in [0.1, 0.15) is 0 Å². The van der Waals surface area contributed by atoms with Gasteiger partial charge in [0.2, 0.25) is 0 Å². The first-order valence-electron chi connectivity index (χ1n) is 7.22. The highest BCUT2D eigenvalue weighted by molar-refractivity contribution is 6.32. The molecule has 1 aromatic rings. The minimum Gasteiger partial charge on any atom is -0.379 e. The number of aryl methyl sites for hydroxylation is 1. The molecule has 2 aliphatic carbocycles. The molecule has 3 heteroatoms. The van der Waals surface area contributed by atoms with E-state index in [1.807, 2.05) is 6.20 Å². The minimum atomic E-state index is 0.333. The van der Waals surface area contributed by atoms with Crippen molar-refractivity contribution in [3.63, 3.8) is 0 Å². The second-order valence-corrected chi connectivity index (χ2v) is 7.70. The van der Waals surface area contributed by atoms with Crippen molar-refractivity contribution in [3.05, 3.63) is 23.0 Å². The zero-order chi connectivity index (χ0) is 13.8. The van der Waals surface area contributed by atoms with Gasteiger partial charge in [-0.15, -0.1) is 0 Å². The molecule has 2 bridgehead atoms. The summed E-state index contributed by atoms with van der Waals surface area (Å²) in [6.07, 6.45) is 5.87. The van der Waals surface area contributed by atoms with Crippen molar-refractivity contribution in [1.82, 2.24) is 4.98 Å². The van der Waals surface area contributed by atoms with Crippen molar-refractivity contribution < 1.29 is 0 Å². The molecule has 0 radical (unpaired) electrons. The summed E-state index contributed by atoms with van der Waals surface area (Å²) in [5, 5.41) is 4.31. The summed E-state index contributed by atoms with van der Waals surface area (Å²) in [4.78, 5) is 4.26. The first-order chi connectivity index (χ1) is 8.83. The summed E-state index contributed by atoms with van der Waals surface area (Å²) in [6.45, 7) is 9.28. The molecule has 0 amide bonds. The Morgan fingerprint density at radius 3 is 2.74 bits per heavy atom. The lowest BCUT2D eigenvalue weighted by Crippen LogP contribution is -2.45. The average molecular weight is 279 g/mol. The summed E-state index contributed by atoms with van der Waals surface area (Å²) >= 11 is 6.24. The van der Waals surface area contributed by atoms with Crippen LogP contribution in [0.25, 0.3) is 0 Å². The van der Waals surface area contributed by atoms with Crippen LogP contribution < -0.4 is 5.32 Å². The Balaban J connectivity index is 1.92. The van der Waals surface area contributed by atoms with Gasteiger partial charge in [-0.25, -0.2) is 4.98 Å². The van der Waals surface area contributed by atoms with Crippen LogP contribution in [0.1, 0.15) is 45.6 Å². The molecule has 2 fully saturated rings. The highest BCUT2D eigenvalue weighted by Crippen LogP contribution is 2.63. The molecule has 2 nitrogen and oxygen atoms in total. The predicted octanol–water partition coefficient (Wildman–Crippen LogP) is 4.67. The van der Waals surface area contributed by atoms with Gasteiger partial charge >= 0.3 is 0 Å². The molecule has 1 N–H and O–H groups in total. The fourth-order valence-corrected chi connectivity index (χ4v) is 4.63. The summed E-state index contributed by atoms with van der Waals surface area (Å²) in [7, 11) is 0. The second-order valence-electron chi connectivity index (χ2n) is 7.34. The topological polar surface area (TPSA) is 24.9 Å². The predicted molar refractivity (Wildman–Crippen MR) is 80.6 cm³/mol. The van der Waals surface area contributed by atoms with Crippen molar-refractivity contribution in [2.45, 2.75) is 53.0 Å². The third-order valence-corrected chi connectivity index (χ3v) is 5.85. The van der Waals surface area contributed by atoms with Crippen LogP contribution >= 0.6 is 11.6 Å². The average Bonchev–Trinajstić information content (AvgIpc) is 2.80. The van der Waals surface area contributed by atoms with E-state index in [2.05, 4.69) is 44.1 Å². The van der Waals surface area contributed by atoms with Crippen LogP contribution in [0, 0.1) is 23.7 Å². The van der Waals surface area contributed by atoms with Crippen LogP contribution in [0.5, 0.6) is 0 Å². The quantitative estimate of drug-likeness (QED) is 0.795. The lowest BCUT2D eigenvalue weighted by atomic mass is 9.68. The van der Waals surface area contributed by atoms with E-state index in [-0.39, 0.29) is 0 Å². The van der Waals surface area contributed by atoms with Crippen LogP contribution in [0.15, 0.2) is 12.3 Å². The zero-order valence-electron chi connectivity index (χ0n) is 12.3. The number of hydrogen-bond acceptors (Lipinski definition) is 2. The van der Waals surface area contributed by atoms with Crippen LogP contribution in [0.3, 0.4) is 0 Å². The molecule has 0 spiro atoms. The molecule has 1 aromatic heterocycles. The molecule has 2 saturated carbocycles. The Hall–Kier alpha value is -0.760. The van der Waals surface area contributed by atoms with Crippen molar-refractivity contribution >= 4 is 17.3 Å². The maximum atomic E-state index is 6.24. The van der Waals surface area contributed by atoms with Gasteiger partial charge in [-0.3, -0.25) is 0 Å². The Bertz CT molecular complexity index is 507. The van der Waals surface area contributed by atoms with Gasteiger partial charge in [-0.2, -0.15) is 0 Å². The second kappa shape index (κ2) is 4.12. The molecule has 1 unspecified atom stereocenters. The fraction of sp³-hybridized carbons (Fsp3) is 0.688. The van der Waals surface area contributed by atoms with Gasteiger partial charge in [0.05, 0.1) is 5.69 Å². The number of fused-ring (bicyclic) bond motifs is 2. The Morgan fingerprint density at radius 1 is 1.37 bits per heavy atom. The van der Waals surface area contributed by atoms with E-state index in [4.69, 9.17) is 11.6 Å². The van der Waals surface area contributed by atoms with E-state index in [9.17, 15) is 0 Å². The largest absolute Gasteiger partial charge is 0.379 e. The zero-order valence-corrected chi connectivity index (χ0v) is 13.0. The van der Waals surface area contributed by atoms with Crippen LogP contribution in [-0.4, -0.2) is 11.0 Å². The molecule has 2 aliphatic rings. The van der Waals surface area contributed by atoms with E-state index in [0.29, 0.717) is 22.0 Å². The minimum absolute atomic E-state index is 0.333. The van der Waals surface area contributed by atoms with E-state index in [1.54, 1.807) is 0 Å². The molecule has 3 atom stereocenters. The van der Waals surface area contributed by atoms with Crippen molar-refractivity contribution in [2.24, 2.45) is 16.7 Å². The number of hydrogen-bond donors (Lipinski definition) is 1. The summed E-state index contributed by atoms with van der Waals surface area (Å²) in [5.41, 5.74) is 2.88. The van der Waals surface area contributed by atoms with Crippen LogP contribution in [0.2, 0.25) is 5.15 Å². The first kappa shape index (κ1) is 13.2. The van der Waals surface area contributed by atoms with E-state index < -0.39 is 0 Å². The van der Waals surface area contributed by atoms with Gasteiger partial charge < -0.3 is 5.32 Å². The Labute approximate surface area is 121 Å². The first-order valence-corrected chi connectivity index (χ1v) is 7.59. The van der Waals surface area contributed by atoms with Gasteiger partial charge in [0.15, 0.2) is 5.15 Å². The van der Waals surface area contributed by atoms with E-state index >= 15 is 0 Å². The van der Waals surface area contributed by atoms with Gasteiger partial charge in [0.25, 0.3) is 0 Å². The standard InChI is InChI=1S/C16H23ClN2/c1-10-7-12(13(17)18-9-10)19-14-15(2,3)11-5-6-16(14,4)8-11/h7,9,11,14,19H,5-6,8H2,1-4H3/t11-,14?,16+/m0/s1. The lowest BCUT2D eigenvalue weighted by Gasteiger charge is -2.43. The smallest absolute Gasteiger partial charge is 0.152 e. The molecule has 19 heavy (non-hydrogen) atoms. The fourth-order valence-electron chi connectivity index (χ4n) is 4.47. The number of aromatic nitrogens is 1. The van der Waals surface area contributed by atoms with Crippen LogP contribution in [0.4, 0.5) is 5.69 Å². The molecule has 0 saturated heterocycles. The highest BCUT2D eigenvalue weighted by Gasteiger charge is 2.59. The van der Waals surface area contributed by atoms with Crippen molar-refractivity contribution in [1.29, 1.82) is 0 Å². The van der Waals surface area contributed by atoms with E-state index in [1.165, 1.54) is 19.3 Å². The number of nitrogens with zero attached hydrogens (tertiary/aromatic N) is 1. The van der Waals surface area contributed by atoms with Gasteiger partial charge in [-0.1, -0.05) is 32.4 Å². The van der Waals surface area contributed by atoms with Crippen LogP contribution in [-0.2, 0) is 0 Å². The monoisotopic (exact) mass is 278 g/mol. The Morgan fingerprint density at radius 2 is 2.11 bits per heavy atom. The molecule has 104 valence electrons. The molecule has 1 heterocycles. The van der Waals surface area contributed by atoms with Crippen molar-refractivity contribution in [2.75, 3.05) is 5.32 Å². The molecule has 0 aliphatic heterocycles. The maximum absolute atomic E-state index is 6.24. The highest BCUT2D eigenvalue weighted by atomic mass is 35.5. The van der Waals surface area contributed by atoms with Crippen molar-refractivity contribution in [3.8, 4) is 0 Å². The summed E-state index contributed by atoms with van der Waals surface area (Å²) in [6, 6.07) is 2.60. The number of rotatable bonds is 2. The number of halogens is 1. The normalized spacial score (nSPS) is 35.6. The third-order valence-electron chi connectivity index (χ3n) is 5.55.